The molecule has 0 aliphatic rings. The van der Waals surface area contributed by atoms with E-state index in [2.05, 4.69) is 19.2 Å². The number of Topliss-reactive ketones (excluding diaryl/α,β-unsaturated/α-hetero) is 1. The first-order valence-electron chi connectivity index (χ1n) is 9.48. The minimum atomic E-state index is -0.171. The van der Waals surface area contributed by atoms with Gasteiger partial charge in [-0.2, -0.15) is 0 Å². The Morgan fingerprint density at radius 2 is 1.81 bits per heavy atom. The molecule has 0 spiro atoms. The van der Waals surface area contributed by atoms with Crippen LogP contribution in [0, 0.1) is 11.8 Å². The molecule has 0 aromatic rings. The van der Waals surface area contributed by atoms with Gasteiger partial charge in [0.15, 0.2) is 0 Å². The van der Waals surface area contributed by atoms with Gasteiger partial charge in [0.2, 0.25) is 5.91 Å². The molecule has 1 N–H and O–H groups in total. The lowest BCUT2D eigenvalue weighted by atomic mass is 10.0. The second-order valence-corrected chi connectivity index (χ2v) is 10.5. The highest BCUT2D eigenvalue weighted by Crippen LogP contribution is 2.38. The van der Waals surface area contributed by atoms with Crippen LogP contribution in [0.1, 0.15) is 60.8 Å². The van der Waals surface area contributed by atoms with E-state index in [1.165, 1.54) is 0 Å². The lowest BCUT2D eigenvalue weighted by Crippen LogP contribution is -2.28. The minimum Gasteiger partial charge on any atom is -0.465 e. The van der Waals surface area contributed by atoms with Crippen LogP contribution in [0.25, 0.3) is 0 Å². The Bertz CT molecular complexity index is 504. The molecule has 1 atom stereocenters. The summed E-state index contributed by atoms with van der Waals surface area (Å²) in [6.45, 7) is 12.4. The molecule has 0 aliphatic heterocycles. The Kier molecular flexibility index (Phi) is 13.6. The highest BCUT2D eigenvalue weighted by Gasteiger charge is 2.20. The number of rotatable bonds is 14. The van der Waals surface area contributed by atoms with Gasteiger partial charge in [-0.25, -0.2) is 0 Å². The van der Waals surface area contributed by atoms with Crippen molar-refractivity contribution in [3.05, 3.63) is 12.2 Å². The molecule has 7 heteroatoms. The highest BCUT2D eigenvalue weighted by atomic mass is 33.1. The Morgan fingerprint density at radius 3 is 2.41 bits per heavy atom. The number of ketones is 1. The Hall–Kier alpha value is -0.950. The average Bonchev–Trinajstić information content (AvgIpc) is 2.59. The molecule has 1 amide bonds. The standard InChI is InChI=1S/C20H35NO4S2/c1-7-8-16(4)17(22)10-12-21-18(23)9-11-20(5,6)27-26-14-13-25-19(24)15(2)3/h7-8,15-16H,9-14H2,1-6H3,(H,21,23). The van der Waals surface area contributed by atoms with E-state index in [4.69, 9.17) is 4.74 Å². The van der Waals surface area contributed by atoms with Crippen molar-refractivity contribution in [1.82, 2.24) is 5.32 Å². The van der Waals surface area contributed by atoms with Gasteiger partial charge in [-0.05, 0) is 27.2 Å². The molecule has 27 heavy (non-hydrogen) atoms. The maximum Gasteiger partial charge on any atom is 0.308 e. The maximum absolute atomic E-state index is 12.0. The van der Waals surface area contributed by atoms with Crippen molar-refractivity contribution in [1.29, 1.82) is 0 Å². The SMILES string of the molecule is CC=CC(C)C(=O)CCNC(=O)CCC(C)(C)SSCCOC(=O)C(C)C. The molecule has 0 bridgehead atoms. The van der Waals surface area contributed by atoms with Gasteiger partial charge in [-0.15, -0.1) is 0 Å². The topological polar surface area (TPSA) is 72.5 Å². The van der Waals surface area contributed by atoms with Crippen LogP contribution in [0.15, 0.2) is 12.2 Å². The average molecular weight is 418 g/mol. The number of carbonyl (C=O) groups excluding carboxylic acids is 3. The predicted molar refractivity (Wildman–Crippen MR) is 116 cm³/mol. The van der Waals surface area contributed by atoms with Crippen LogP contribution in [0.5, 0.6) is 0 Å². The van der Waals surface area contributed by atoms with Crippen molar-refractivity contribution < 1.29 is 19.1 Å². The molecule has 0 aromatic carbocycles. The largest absolute Gasteiger partial charge is 0.465 e. The summed E-state index contributed by atoms with van der Waals surface area (Å²) < 4.78 is 5.09. The maximum atomic E-state index is 12.0. The van der Waals surface area contributed by atoms with Crippen LogP contribution in [0.2, 0.25) is 0 Å². The summed E-state index contributed by atoms with van der Waals surface area (Å²) in [7, 11) is 3.35. The van der Waals surface area contributed by atoms with Crippen molar-refractivity contribution in [2.24, 2.45) is 11.8 Å². The molecule has 0 heterocycles. The van der Waals surface area contributed by atoms with Crippen molar-refractivity contribution in [2.45, 2.75) is 65.6 Å². The molecule has 0 saturated heterocycles. The number of allylic oxidation sites excluding steroid dienone is 2. The predicted octanol–water partition coefficient (Wildman–Crippen LogP) is 4.41. The third-order valence-corrected chi connectivity index (χ3v) is 7.12. The van der Waals surface area contributed by atoms with Crippen molar-refractivity contribution in [3.8, 4) is 0 Å². The molecular formula is C20H35NO4S2. The van der Waals surface area contributed by atoms with E-state index in [1.807, 2.05) is 39.8 Å². The lowest BCUT2D eigenvalue weighted by Gasteiger charge is -2.22. The summed E-state index contributed by atoms with van der Waals surface area (Å²) >= 11 is 0. The quantitative estimate of drug-likeness (QED) is 0.195. The van der Waals surface area contributed by atoms with Gasteiger partial charge >= 0.3 is 5.97 Å². The second-order valence-electron chi connectivity index (χ2n) is 7.37. The van der Waals surface area contributed by atoms with E-state index in [1.54, 1.807) is 21.6 Å². The number of ether oxygens (including phenoxy) is 1. The molecule has 0 rings (SSSR count). The van der Waals surface area contributed by atoms with Crippen molar-refractivity contribution in [2.75, 3.05) is 18.9 Å². The molecule has 0 saturated carbocycles. The lowest BCUT2D eigenvalue weighted by molar-refractivity contribution is -0.146. The van der Waals surface area contributed by atoms with Gasteiger partial charge in [0.25, 0.3) is 0 Å². The van der Waals surface area contributed by atoms with Crippen molar-refractivity contribution >= 4 is 39.2 Å². The number of esters is 1. The van der Waals surface area contributed by atoms with Crippen LogP contribution < -0.4 is 5.32 Å². The van der Waals surface area contributed by atoms with E-state index in [0.29, 0.717) is 26.0 Å². The number of carbonyl (C=O) groups is 3. The zero-order chi connectivity index (χ0) is 20.9. The number of nitrogens with one attached hydrogen (secondary N) is 1. The van der Waals surface area contributed by atoms with E-state index in [-0.39, 0.29) is 34.2 Å². The summed E-state index contributed by atoms with van der Waals surface area (Å²) in [6.07, 6.45) is 5.27. The van der Waals surface area contributed by atoms with E-state index >= 15 is 0 Å². The molecule has 0 aliphatic carbocycles. The zero-order valence-corrected chi connectivity index (χ0v) is 19.1. The fraction of sp³-hybridized carbons (Fsp3) is 0.750. The smallest absolute Gasteiger partial charge is 0.308 e. The first-order chi connectivity index (χ1) is 12.6. The van der Waals surface area contributed by atoms with Crippen LogP contribution in [0.3, 0.4) is 0 Å². The molecule has 1 unspecified atom stereocenters. The van der Waals surface area contributed by atoms with E-state index < -0.39 is 0 Å². The Balaban J connectivity index is 3.90. The van der Waals surface area contributed by atoms with Crippen molar-refractivity contribution in [3.63, 3.8) is 0 Å². The molecule has 0 radical (unpaired) electrons. The van der Waals surface area contributed by atoms with Crippen LogP contribution in [0.4, 0.5) is 0 Å². The fourth-order valence-corrected chi connectivity index (χ4v) is 4.44. The van der Waals surface area contributed by atoms with E-state index in [9.17, 15) is 14.4 Å². The number of amides is 1. The minimum absolute atomic E-state index is 0.0222. The van der Waals surface area contributed by atoms with Gasteiger partial charge in [0, 0.05) is 35.8 Å². The van der Waals surface area contributed by atoms with Gasteiger partial charge in [-0.1, -0.05) is 54.5 Å². The second kappa shape index (κ2) is 14.1. The molecule has 156 valence electrons. The monoisotopic (exact) mass is 417 g/mol. The third-order valence-electron chi connectivity index (χ3n) is 3.80. The fourth-order valence-electron chi connectivity index (χ4n) is 2.04. The zero-order valence-electron chi connectivity index (χ0n) is 17.5. The van der Waals surface area contributed by atoms with Crippen LogP contribution in [-0.4, -0.2) is 41.3 Å². The summed E-state index contributed by atoms with van der Waals surface area (Å²) in [5, 5.41) is 2.83. The summed E-state index contributed by atoms with van der Waals surface area (Å²) in [5.41, 5.74) is 0. The molecule has 0 fully saturated rings. The van der Waals surface area contributed by atoms with Crippen LogP contribution in [-0.2, 0) is 19.1 Å². The highest BCUT2D eigenvalue weighted by molar-refractivity contribution is 8.77. The summed E-state index contributed by atoms with van der Waals surface area (Å²) in [6, 6.07) is 0. The Labute approximate surface area is 172 Å². The molecule has 0 aromatic heterocycles. The summed E-state index contributed by atoms with van der Waals surface area (Å²) in [5.74, 6) is 0.476. The molecular weight excluding hydrogens is 382 g/mol. The van der Waals surface area contributed by atoms with Gasteiger partial charge in [0.05, 0.1) is 5.92 Å². The number of hydrogen-bond acceptors (Lipinski definition) is 6. The number of hydrogen-bond donors (Lipinski definition) is 1. The Morgan fingerprint density at radius 1 is 1.15 bits per heavy atom. The van der Waals surface area contributed by atoms with Gasteiger partial charge < -0.3 is 10.1 Å². The first kappa shape index (κ1) is 26.1. The van der Waals surface area contributed by atoms with Crippen LogP contribution >= 0.6 is 21.6 Å². The van der Waals surface area contributed by atoms with Gasteiger partial charge in [-0.3, -0.25) is 14.4 Å². The van der Waals surface area contributed by atoms with E-state index in [0.717, 1.165) is 12.2 Å². The normalized spacial score (nSPS) is 13.0. The first-order valence-corrected chi connectivity index (χ1v) is 11.8. The van der Waals surface area contributed by atoms with Gasteiger partial charge in [0.1, 0.15) is 12.4 Å². The third kappa shape index (κ3) is 13.8. The summed E-state index contributed by atoms with van der Waals surface area (Å²) in [4.78, 5) is 35.2. The molecule has 5 nitrogen and oxygen atoms in total.